The molecule has 0 saturated heterocycles. The molecule has 1 aliphatic rings. The highest BCUT2D eigenvalue weighted by Crippen LogP contribution is 2.34. The Morgan fingerprint density at radius 3 is 1.92 bits per heavy atom. The van der Waals surface area contributed by atoms with E-state index in [2.05, 4.69) is 120 Å². The summed E-state index contributed by atoms with van der Waals surface area (Å²) in [5.74, 6) is 1.78. The van der Waals surface area contributed by atoms with Crippen LogP contribution in [0.15, 0.2) is 109 Å². The van der Waals surface area contributed by atoms with Crippen LogP contribution in [0.3, 0.4) is 0 Å². The van der Waals surface area contributed by atoms with Crippen molar-refractivity contribution < 1.29 is 0 Å². The first-order chi connectivity index (χ1) is 17.5. The highest BCUT2D eigenvalue weighted by Gasteiger charge is 2.24. The fourth-order valence-electron chi connectivity index (χ4n) is 4.49. The number of hydrazine groups is 1. The third kappa shape index (κ3) is 5.01. The molecule has 0 N–H and O–H groups in total. The maximum atomic E-state index is 4.88. The number of hydrogen-bond acceptors (Lipinski definition) is 5. The summed E-state index contributed by atoms with van der Waals surface area (Å²) in [5.41, 5.74) is 7.64. The lowest BCUT2D eigenvalue weighted by atomic mass is 10.1. The molecule has 4 aromatic rings. The van der Waals surface area contributed by atoms with E-state index in [1.165, 1.54) is 11.1 Å². The van der Waals surface area contributed by atoms with Crippen LogP contribution in [0.2, 0.25) is 0 Å². The van der Waals surface area contributed by atoms with Gasteiger partial charge < -0.3 is 0 Å². The van der Waals surface area contributed by atoms with Crippen LogP contribution in [0.5, 0.6) is 0 Å². The number of pyridine rings is 2. The molecule has 2 aromatic carbocycles. The van der Waals surface area contributed by atoms with Gasteiger partial charge in [0, 0.05) is 29.0 Å². The van der Waals surface area contributed by atoms with Gasteiger partial charge in [0.2, 0.25) is 0 Å². The number of rotatable bonds is 6. The fourth-order valence-corrected chi connectivity index (χ4v) is 4.49. The Balaban J connectivity index is 1.58. The monoisotopic (exact) mass is 473 g/mol. The molecule has 1 aliphatic heterocycles. The van der Waals surface area contributed by atoms with Gasteiger partial charge in [-0.15, -0.1) is 0 Å². The summed E-state index contributed by atoms with van der Waals surface area (Å²) >= 11 is 0. The van der Waals surface area contributed by atoms with Gasteiger partial charge in [0.05, 0.1) is 12.2 Å². The van der Waals surface area contributed by atoms with Gasteiger partial charge in [-0.2, -0.15) is 0 Å². The lowest BCUT2D eigenvalue weighted by molar-refractivity contribution is 0.404. The molecule has 0 saturated carbocycles. The first-order valence-electron chi connectivity index (χ1n) is 12.2. The number of hydrogen-bond donors (Lipinski definition) is 0. The summed E-state index contributed by atoms with van der Waals surface area (Å²) in [5, 5.41) is 4.39. The zero-order valence-corrected chi connectivity index (χ0v) is 21.3. The van der Waals surface area contributed by atoms with Crippen molar-refractivity contribution in [2.45, 2.75) is 27.7 Å². The molecule has 5 heteroatoms. The minimum absolute atomic E-state index is 0.642. The molecular weight excluding hydrogens is 442 g/mol. The van der Waals surface area contributed by atoms with E-state index in [-0.39, 0.29) is 0 Å². The van der Waals surface area contributed by atoms with Crippen LogP contribution in [0.25, 0.3) is 0 Å². The van der Waals surface area contributed by atoms with Crippen molar-refractivity contribution in [3.05, 3.63) is 131 Å². The zero-order chi connectivity index (χ0) is 25.1. The average molecular weight is 474 g/mol. The van der Waals surface area contributed by atoms with E-state index in [0.29, 0.717) is 6.54 Å². The lowest BCUT2D eigenvalue weighted by Crippen LogP contribution is -2.41. The largest absolute Gasteiger partial charge is 0.297 e. The summed E-state index contributed by atoms with van der Waals surface area (Å²) in [6, 6.07) is 29.4. The van der Waals surface area contributed by atoms with Gasteiger partial charge in [-0.3, -0.25) is 9.91 Å². The second-order valence-corrected chi connectivity index (χ2v) is 9.20. The van der Waals surface area contributed by atoms with Crippen molar-refractivity contribution in [2.24, 2.45) is 0 Å². The first-order valence-corrected chi connectivity index (χ1v) is 12.2. The molecular formula is C31H31N5. The number of aromatic nitrogens is 2. The van der Waals surface area contributed by atoms with Crippen LogP contribution in [-0.2, 0) is 0 Å². The summed E-state index contributed by atoms with van der Waals surface area (Å²) in [4.78, 5) is 12.0. The number of benzene rings is 2. The Morgan fingerprint density at radius 2 is 1.25 bits per heavy atom. The van der Waals surface area contributed by atoms with E-state index in [4.69, 9.17) is 9.97 Å². The van der Waals surface area contributed by atoms with E-state index in [1.807, 2.05) is 26.0 Å². The fraction of sp³-hybridized carbons (Fsp3) is 0.161. The third-order valence-electron chi connectivity index (χ3n) is 6.11. The molecule has 0 fully saturated rings. The molecule has 180 valence electrons. The van der Waals surface area contributed by atoms with Crippen molar-refractivity contribution in [1.29, 1.82) is 0 Å². The molecule has 5 nitrogen and oxygen atoms in total. The predicted molar refractivity (Wildman–Crippen MR) is 149 cm³/mol. The number of anilines is 4. The average Bonchev–Trinajstić information content (AvgIpc) is 2.85. The Hall–Kier alpha value is -4.38. The molecule has 36 heavy (non-hydrogen) atoms. The SMILES string of the molecule is Cc1cccc(N(C2=CC=CN(N(c3cccc(C)c3)c3cccc(C)n3)C2)c2cccc(C)n2)c1. The van der Waals surface area contributed by atoms with Gasteiger partial charge in [-0.25, -0.2) is 15.0 Å². The minimum Gasteiger partial charge on any atom is -0.297 e. The molecule has 0 spiro atoms. The zero-order valence-electron chi connectivity index (χ0n) is 21.3. The smallest absolute Gasteiger partial charge is 0.152 e. The van der Waals surface area contributed by atoms with Crippen LogP contribution in [0.4, 0.5) is 23.0 Å². The predicted octanol–water partition coefficient (Wildman–Crippen LogP) is 7.31. The molecule has 0 amide bonds. The third-order valence-corrected chi connectivity index (χ3v) is 6.11. The van der Waals surface area contributed by atoms with Gasteiger partial charge in [0.1, 0.15) is 5.82 Å². The van der Waals surface area contributed by atoms with Crippen LogP contribution in [0, 0.1) is 27.7 Å². The van der Waals surface area contributed by atoms with Gasteiger partial charge in [0.15, 0.2) is 5.82 Å². The topological polar surface area (TPSA) is 35.5 Å². The minimum atomic E-state index is 0.642. The van der Waals surface area contributed by atoms with Crippen molar-refractivity contribution >= 4 is 23.0 Å². The summed E-state index contributed by atoms with van der Waals surface area (Å²) in [7, 11) is 0. The molecule has 0 unspecified atom stereocenters. The molecule has 5 rings (SSSR count). The Labute approximate surface area is 213 Å². The molecule has 0 bridgehead atoms. The van der Waals surface area contributed by atoms with Crippen LogP contribution in [0.1, 0.15) is 22.5 Å². The van der Waals surface area contributed by atoms with Crippen LogP contribution in [-0.4, -0.2) is 21.5 Å². The molecule has 2 aromatic heterocycles. The highest BCUT2D eigenvalue weighted by molar-refractivity contribution is 5.68. The van der Waals surface area contributed by atoms with E-state index in [0.717, 1.165) is 40.1 Å². The van der Waals surface area contributed by atoms with Gasteiger partial charge in [-0.05, 0) is 99.5 Å². The Kier molecular flexibility index (Phi) is 6.54. The van der Waals surface area contributed by atoms with Crippen molar-refractivity contribution in [2.75, 3.05) is 16.5 Å². The Bertz CT molecular complexity index is 1350. The van der Waals surface area contributed by atoms with E-state index in [9.17, 15) is 0 Å². The maximum Gasteiger partial charge on any atom is 0.152 e. The quantitative estimate of drug-likeness (QED) is 0.293. The van der Waals surface area contributed by atoms with Crippen LogP contribution < -0.4 is 9.91 Å². The molecule has 0 atom stereocenters. The van der Waals surface area contributed by atoms with Gasteiger partial charge >= 0.3 is 0 Å². The second kappa shape index (κ2) is 10.1. The maximum absolute atomic E-state index is 4.88. The summed E-state index contributed by atoms with van der Waals surface area (Å²) in [6.45, 7) is 8.94. The summed E-state index contributed by atoms with van der Waals surface area (Å²) < 4.78 is 0. The first kappa shape index (κ1) is 23.4. The van der Waals surface area contributed by atoms with Gasteiger partial charge in [-0.1, -0.05) is 36.4 Å². The summed E-state index contributed by atoms with van der Waals surface area (Å²) in [6.07, 6.45) is 6.37. The van der Waals surface area contributed by atoms with Gasteiger partial charge in [0.25, 0.3) is 0 Å². The normalized spacial score (nSPS) is 12.9. The molecule has 0 radical (unpaired) electrons. The number of nitrogens with zero attached hydrogens (tertiary/aromatic N) is 5. The van der Waals surface area contributed by atoms with E-state index in [1.54, 1.807) is 0 Å². The van der Waals surface area contributed by atoms with E-state index >= 15 is 0 Å². The second-order valence-electron chi connectivity index (χ2n) is 9.20. The standard InChI is InChI=1S/C31H31N5/c1-23-10-5-14-27(20-23)35(30-17-7-12-25(3)32-30)29-16-9-19-34(22-29)36(28-15-6-11-24(2)21-28)31-18-8-13-26(4)33-31/h5-21H,22H2,1-4H3. The van der Waals surface area contributed by atoms with Crippen molar-refractivity contribution in [3.63, 3.8) is 0 Å². The number of allylic oxidation sites excluding steroid dienone is 2. The van der Waals surface area contributed by atoms with Crippen molar-refractivity contribution in [3.8, 4) is 0 Å². The molecule has 3 heterocycles. The number of aryl methyl sites for hydroxylation is 4. The van der Waals surface area contributed by atoms with Crippen LogP contribution >= 0.6 is 0 Å². The van der Waals surface area contributed by atoms with Crippen molar-refractivity contribution in [1.82, 2.24) is 15.0 Å². The van der Waals surface area contributed by atoms with E-state index < -0.39 is 0 Å². The molecule has 0 aliphatic carbocycles. The Morgan fingerprint density at radius 1 is 0.667 bits per heavy atom. The lowest BCUT2D eigenvalue weighted by Gasteiger charge is -2.39. The highest BCUT2D eigenvalue weighted by atomic mass is 15.6.